The number of likely N-dealkylation sites (tertiary alicyclic amines) is 1. The molecule has 3 aromatic heterocycles. The molecule has 3 amide bonds. The molecule has 41 heavy (non-hydrogen) atoms. The molecular weight excluding hydrogens is 609 g/mol. The van der Waals surface area contributed by atoms with Gasteiger partial charge in [0.05, 0.1) is 24.5 Å². The minimum atomic E-state index is -1.49. The van der Waals surface area contributed by atoms with Gasteiger partial charge in [-0.15, -0.1) is 0 Å². The number of halogens is 4. The van der Waals surface area contributed by atoms with Crippen molar-refractivity contribution in [2.75, 3.05) is 11.9 Å². The van der Waals surface area contributed by atoms with Crippen LogP contribution in [-0.2, 0) is 16.1 Å². The fourth-order valence-electron chi connectivity index (χ4n) is 4.30. The molecule has 15 heteroatoms. The van der Waals surface area contributed by atoms with E-state index < -0.39 is 48.1 Å². The van der Waals surface area contributed by atoms with Crippen molar-refractivity contribution in [2.24, 2.45) is 5.73 Å². The number of alkyl halides is 1. The van der Waals surface area contributed by atoms with Crippen molar-refractivity contribution in [2.45, 2.75) is 25.2 Å². The summed E-state index contributed by atoms with van der Waals surface area (Å²) in [5.41, 5.74) is 6.16. The Labute approximate surface area is 238 Å². The third-order valence-electron chi connectivity index (χ3n) is 6.13. The zero-order valence-electron chi connectivity index (χ0n) is 20.8. The zero-order valence-corrected chi connectivity index (χ0v) is 22.4. The van der Waals surface area contributed by atoms with Gasteiger partial charge in [0.1, 0.15) is 23.4 Å². The lowest BCUT2D eigenvalue weighted by Crippen LogP contribution is -2.44. The van der Waals surface area contributed by atoms with E-state index in [1.807, 2.05) is 0 Å². The number of nitrogens with two attached hydrogens (primary N) is 1. The highest BCUT2D eigenvalue weighted by Gasteiger charge is 2.40. The highest BCUT2D eigenvalue weighted by Crippen LogP contribution is 2.25. The average molecular weight is 627 g/mol. The maximum atomic E-state index is 14.4. The molecule has 1 aliphatic heterocycles. The molecule has 5 rings (SSSR count). The normalized spacial score (nSPS) is 16.3. The van der Waals surface area contributed by atoms with Crippen molar-refractivity contribution in [1.29, 1.82) is 0 Å². The van der Waals surface area contributed by atoms with E-state index in [1.54, 1.807) is 12.1 Å². The molecule has 3 N–H and O–H groups in total. The van der Waals surface area contributed by atoms with E-state index in [0.717, 1.165) is 23.4 Å². The van der Waals surface area contributed by atoms with Crippen molar-refractivity contribution >= 4 is 50.4 Å². The molecule has 0 unspecified atom stereocenters. The van der Waals surface area contributed by atoms with Crippen molar-refractivity contribution < 1.29 is 27.6 Å². The number of aromatic nitrogens is 5. The molecule has 1 aliphatic rings. The van der Waals surface area contributed by atoms with Gasteiger partial charge < -0.3 is 16.0 Å². The summed E-state index contributed by atoms with van der Waals surface area (Å²) in [6, 6.07) is 5.89. The lowest BCUT2D eigenvalue weighted by Gasteiger charge is -2.23. The van der Waals surface area contributed by atoms with Crippen molar-refractivity contribution in [3.63, 3.8) is 0 Å². The first-order valence-electron chi connectivity index (χ1n) is 12.0. The van der Waals surface area contributed by atoms with Gasteiger partial charge in [-0.1, -0.05) is 5.92 Å². The van der Waals surface area contributed by atoms with Crippen LogP contribution >= 0.6 is 15.9 Å². The first kappa shape index (κ1) is 27.7. The number of fused-ring (bicyclic) bond motifs is 1. The first-order valence-corrected chi connectivity index (χ1v) is 12.7. The quantitative estimate of drug-likeness (QED) is 0.255. The summed E-state index contributed by atoms with van der Waals surface area (Å²) in [4.78, 5) is 50.7. The molecule has 2 atom stereocenters. The Morgan fingerprint density at radius 2 is 1.88 bits per heavy atom. The number of carbonyl (C=O) groups excluding carboxylic acids is 3. The standard InChI is InChI=1S/C26H18BrF3N8O3/c27-20-5-3-17(30)25(34-20)35-26(41)19-8-14(28)11-37(19)22(39)12-38-18-4-1-13(7-16(18)23(36-38)24(31)40)2-6-21-32-9-15(29)10-33-21/h1,3-5,7,9-10,14,19H,8,11-12H2,(H2,31,40)(H,34,35,41)/t14-,19+/m1/s1. The Balaban J connectivity index is 1.39. The van der Waals surface area contributed by atoms with Crippen LogP contribution in [0.2, 0.25) is 0 Å². The van der Waals surface area contributed by atoms with Gasteiger partial charge >= 0.3 is 0 Å². The van der Waals surface area contributed by atoms with Crippen LogP contribution < -0.4 is 11.1 Å². The summed E-state index contributed by atoms with van der Waals surface area (Å²) in [6.45, 7) is -0.809. The highest BCUT2D eigenvalue weighted by molar-refractivity contribution is 9.10. The van der Waals surface area contributed by atoms with Crippen LogP contribution in [0.1, 0.15) is 28.3 Å². The Morgan fingerprint density at radius 1 is 1.12 bits per heavy atom. The lowest BCUT2D eigenvalue weighted by molar-refractivity contribution is -0.137. The largest absolute Gasteiger partial charge is 0.364 e. The molecule has 0 bridgehead atoms. The van der Waals surface area contributed by atoms with Gasteiger partial charge in [-0.25, -0.2) is 28.1 Å². The van der Waals surface area contributed by atoms with Crippen molar-refractivity contribution in [1.82, 2.24) is 29.6 Å². The number of rotatable bonds is 5. The number of amides is 3. The van der Waals surface area contributed by atoms with E-state index in [2.05, 4.69) is 53.1 Å². The summed E-state index contributed by atoms with van der Waals surface area (Å²) in [5, 5.41) is 6.77. The summed E-state index contributed by atoms with van der Waals surface area (Å²) in [6.07, 6.45) is 0.167. The summed E-state index contributed by atoms with van der Waals surface area (Å²) < 4.78 is 43.0. The third-order valence-corrected chi connectivity index (χ3v) is 6.58. The highest BCUT2D eigenvalue weighted by atomic mass is 79.9. The van der Waals surface area contributed by atoms with Crippen LogP contribution in [0, 0.1) is 23.5 Å². The topological polar surface area (TPSA) is 149 Å². The van der Waals surface area contributed by atoms with Gasteiger partial charge in [0.2, 0.25) is 17.6 Å². The van der Waals surface area contributed by atoms with E-state index in [9.17, 15) is 27.6 Å². The maximum absolute atomic E-state index is 14.4. The minimum Gasteiger partial charge on any atom is -0.364 e. The summed E-state index contributed by atoms with van der Waals surface area (Å²) >= 11 is 3.09. The number of nitrogens with one attached hydrogen (secondary N) is 1. The number of hydrogen-bond donors (Lipinski definition) is 2. The number of carbonyl (C=O) groups is 3. The smallest absolute Gasteiger partial charge is 0.269 e. The summed E-state index contributed by atoms with van der Waals surface area (Å²) in [5.74, 6) is 1.45. The van der Waals surface area contributed by atoms with E-state index in [1.165, 1.54) is 16.8 Å². The molecule has 0 spiro atoms. The second-order valence-corrected chi connectivity index (χ2v) is 9.74. The number of anilines is 1. The van der Waals surface area contributed by atoms with Gasteiger partial charge in [-0.2, -0.15) is 5.10 Å². The third kappa shape index (κ3) is 6.02. The second kappa shape index (κ2) is 11.3. The number of pyridine rings is 1. The Bertz CT molecular complexity index is 1750. The molecule has 1 aromatic carbocycles. The number of benzene rings is 1. The van der Waals surface area contributed by atoms with Crippen LogP contribution in [0.25, 0.3) is 10.9 Å². The fourth-order valence-corrected chi connectivity index (χ4v) is 4.61. The number of primary amides is 1. The molecular formula is C26H18BrF3N8O3. The monoisotopic (exact) mass is 626 g/mol. The molecule has 0 aliphatic carbocycles. The fraction of sp³-hybridized carbons (Fsp3) is 0.192. The SMILES string of the molecule is NC(=O)c1nn(CC(=O)N2C[C@H](F)C[C@H]2C(=O)Nc2nc(Br)ccc2F)c2ccc(C#Cc3ncc(F)cn3)cc12. The van der Waals surface area contributed by atoms with Gasteiger partial charge in [0.15, 0.2) is 23.1 Å². The van der Waals surface area contributed by atoms with Crippen LogP contribution in [0.4, 0.5) is 19.0 Å². The Hall–Kier alpha value is -4.84. The molecule has 4 aromatic rings. The van der Waals surface area contributed by atoms with Crippen LogP contribution in [0.3, 0.4) is 0 Å². The molecule has 208 valence electrons. The van der Waals surface area contributed by atoms with E-state index >= 15 is 0 Å². The zero-order chi connectivity index (χ0) is 29.3. The van der Waals surface area contributed by atoms with Gasteiger partial charge in [0.25, 0.3) is 5.91 Å². The molecule has 4 heterocycles. The van der Waals surface area contributed by atoms with E-state index in [-0.39, 0.29) is 34.9 Å². The maximum Gasteiger partial charge on any atom is 0.269 e. The number of nitrogens with zero attached hydrogens (tertiary/aromatic N) is 6. The van der Waals surface area contributed by atoms with E-state index in [4.69, 9.17) is 5.73 Å². The molecule has 1 fully saturated rings. The van der Waals surface area contributed by atoms with Gasteiger partial charge in [-0.05, 0) is 52.2 Å². The van der Waals surface area contributed by atoms with E-state index in [0.29, 0.717) is 16.5 Å². The predicted octanol–water partition coefficient (Wildman–Crippen LogP) is 2.34. The average Bonchev–Trinajstić information content (AvgIpc) is 3.51. The summed E-state index contributed by atoms with van der Waals surface area (Å²) in [7, 11) is 0. The minimum absolute atomic E-state index is 0.0803. The van der Waals surface area contributed by atoms with Crippen molar-refractivity contribution in [3.05, 3.63) is 76.0 Å². The van der Waals surface area contributed by atoms with Crippen molar-refractivity contribution in [3.8, 4) is 11.8 Å². The Morgan fingerprint density at radius 3 is 2.61 bits per heavy atom. The van der Waals surface area contributed by atoms with Crippen LogP contribution in [0.5, 0.6) is 0 Å². The van der Waals surface area contributed by atoms with Crippen LogP contribution in [0.15, 0.2) is 47.3 Å². The second-order valence-electron chi connectivity index (χ2n) is 8.93. The Kier molecular flexibility index (Phi) is 7.66. The molecule has 0 saturated carbocycles. The first-order chi connectivity index (χ1) is 19.6. The predicted molar refractivity (Wildman–Crippen MR) is 142 cm³/mol. The molecule has 1 saturated heterocycles. The number of hydrogen-bond acceptors (Lipinski definition) is 7. The lowest BCUT2D eigenvalue weighted by atomic mass is 10.1. The van der Waals surface area contributed by atoms with Gasteiger partial charge in [0, 0.05) is 17.4 Å². The van der Waals surface area contributed by atoms with Gasteiger partial charge in [-0.3, -0.25) is 19.1 Å². The molecule has 0 radical (unpaired) electrons. The molecule has 11 nitrogen and oxygen atoms in total. The van der Waals surface area contributed by atoms with Crippen LogP contribution in [-0.4, -0.2) is 66.1 Å².